The molecule has 4 aromatic rings. The second-order valence-corrected chi connectivity index (χ2v) is 8.58. The van der Waals surface area contributed by atoms with Crippen LogP contribution in [0.25, 0.3) is 11.5 Å². The Hall–Kier alpha value is -4.88. The van der Waals surface area contributed by atoms with E-state index < -0.39 is 23.7 Å². The highest BCUT2D eigenvalue weighted by molar-refractivity contribution is 6.00. The van der Waals surface area contributed by atoms with E-state index in [1.165, 1.54) is 38.8 Å². The van der Waals surface area contributed by atoms with Crippen molar-refractivity contribution in [2.75, 3.05) is 31.8 Å². The number of carbonyl (C=O) groups is 2. The van der Waals surface area contributed by atoms with E-state index >= 15 is 0 Å². The Morgan fingerprint density at radius 3 is 2.62 bits per heavy atom. The molecule has 190 valence electrons. The highest BCUT2D eigenvalue weighted by atomic mass is 19.1. The largest absolute Gasteiger partial charge is 0.373 e. The lowest BCUT2D eigenvalue weighted by Crippen LogP contribution is -2.27. The second-order valence-electron chi connectivity index (χ2n) is 8.58. The molecule has 0 aromatic carbocycles. The summed E-state index contributed by atoms with van der Waals surface area (Å²) in [4.78, 5) is 52.1. The van der Waals surface area contributed by atoms with Crippen molar-refractivity contribution in [3.8, 4) is 5.82 Å². The lowest BCUT2D eigenvalue weighted by molar-refractivity contribution is 0.0821. The highest BCUT2D eigenvalue weighted by Gasteiger charge is 2.39. The van der Waals surface area contributed by atoms with Crippen LogP contribution < -0.4 is 21.5 Å². The third-order valence-corrected chi connectivity index (χ3v) is 5.72. The molecule has 0 spiro atoms. The summed E-state index contributed by atoms with van der Waals surface area (Å²) in [5, 5.41) is 12.8. The molecule has 2 atom stereocenters. The molecule has 0 unspecified atom stereocenters. The van der Waals surface area contributed by atoms with Crippen LogP contribution in [0.15, 0.2) is 47.8 Å². The molecule has 3 N–H and O–H groups in total. The molecule has 1 aliphatic rings. The molecular weight excluding hydrogens is 483 g/mol. The SMILES string of the molecule is CNc1cc(Nc2cccn(-c3cnc(C(=O)N(C)C)cn3)c2=O)nc2c(C(=O)N[C@H]3C[C@H]3F)cnn12. The van der Waals surface area contributed by atoms with Gasteiger partial charge < -0.3 is 20.9 Å². The van der Waals surface area contributed by atoms with Crippen molar-refractivity contribution in [3.05, 3.63) is 64.6 Å². The Kier molecular flexibility index (Phi) is 5.99. The van der Waals surface area contributed by atoms with E-state index in [1.807, 2.05) is 0 Å². The molecule has 1 aliphatic carbocycles. The first-order valence-corrected chi connectivity index (χ1v) is 11.3. The quantitative estimate of drug-likeness (QED) is 0.333. The zero-order chi connectivity index (χ0) is 26.3. The monoisotopic (exact) mass is 506 g/mol. The number of nitrogens with zero attached hydrogens (tertiary/aromatic N) is 7. The fraction of sp³-hybridized carbons (Fsp3) is 0.261. The molecule has 37 heavy (non-hydrogen) atoms. The first kappa shape index (κ1) is 23.8. The molecule has 0 radical (unpaired) electrons. The van der Waals surface area contributed by atoms with Crippen LogP contribution in [0.4, 0.5) is 21.7 Å². The van der Waals surface area contributed by atoms with E-state index in [-0.39, 0.29) is 46.6 Å². The van der Waals surface area contributed by atoms with Gasteiger partial charge in [-0.2, -0.15) is 9.61 Å². The van der Waals surface area contributed by atoms with Crippen molar-refractivity contribution in [3.63, 3.8) is 0 Å². The van der Waals surface area contributed by atoms with E-state index in [4.69, 9.17) is 0 Å². The van der Waals surface area contributed by atoms with Gasteiger partial charge in [0.05, 0.1) is 24.6 Å². The summed E-state index contributed by atoms with van der Waals surface area (Å²) in [5.74, 6) is 0.213. The third-order valence-electron chi connectivity index (χ3n) is 5.72. The van der Waals surface area contributed by atoms with E-state index in [2.05, 4.69) is 36.0 Å². The summed E-state index contributed by atoms with van der Waals surface area (Å²) in [7, 11) is 4.89. The average Bonchev–Trinajstić information content (AvgIpc) is 3.41. The molecular formula is C23H23FN10O3. The number of carbonyl (C=O) groups excluding carboxylic acids is 2. The smallest absolute Gasteiger partial charge is 0.280 e. The Bertz CT molecular complexity index is 1560. The first-order valence-electron chi connectivity index (χ1n) is 11.3. The Balaban J connectivity index is 1.46. The second kappa shape index (κ2) is 9.29. The zero-order valence-electron chi connectivity index (χ0n) is 20.1. The molecule has 1 fully saturated rings. The molecule has 13 nitrogen and oxygen atoms in total. The molecule has 5 rings (SSSR count). The normalized spacial score (nSPS) is 16.3. The van der Waals surface area contributed by atoms with Crippen LogP contribution in [0.1, 0.15) is 27.3 Å². The standard InChI is InChI=1S/C23H23FN10O3/c1-25-18-8-17(31-20-12(9-28-34(18)20)21(35)30-15-7-13(15)24)29-14-5-4-6-33(23(14)37)19-11-26-16(10-27-19)22(36)32(2)3/h4-6,8-11,13,15,25H,7H2,1-3H3,(H,29,31)(H,30,35)/t13-,15+/m1/s1. The van der Waals surface area contributed by atoms with Crippen molar-refractivity contribution in [2.24, 2.45) is 0 Å². The molecule has 0 bridgehead atoms. The minimum atomic E-state index is -1.04. The zero-order valence-corrected chi connectivity index (χ0v) is 20.1. The van der Waals surface area contributed by atoms with Gasteiger partial charge in [0.25, 0.3) is 17.4 Å². The summed E-state index contributed by atoms with van der Waals surface area (Å²) < 4.78 is 16.0. The van der Waals surface area contributed by atoms with Gasteiger partial charge in [-0.3, -0.25) is 19.0 Å². The van der Waals surface area contributed by atoms with Crippen LogP contribution >= 0.6 is 0 Å². The number of rotatable bonds is 7. The number of anilines is 3. The molecule has 0 aliphatic heterocycles. The van der Waals surface area contributed by atoms with Crippen LogP contribution in [0.2, 0.25) is 0 Å². The number of fused-ring (bicyclic) bond motifs is 1. The van der Waals surface area contributed by atoms with Gasteiger partial charge in [0.1, 0.15) is 34.8 Å². The van der Waals surface area contributed by atoms with Gasteiger partial charge in [-0.05, 0) is 12.1 Å². The predicted octanol–water partition coefficient (Wildman–Crippen LogP) is 0.997. The number of halogens is 1. The van der Waals surface area contributed by atoms with E-state index in [0.29, 0.717) is 5.82 Å². The summed E-state index contributed by atoms with van der Waals surface area (Å²) in [6.07, 6.45) is 4.76. The van der Waals surface area contributed by atoms with Crippen LogP contribution in [-0.2, 0) is 0 Å². The van der Waals surface area contributed by atoms with E-state index in [9.17, 15) is 18.8 Å². The van der Waals surface area contributed by atoms with Crippen molar-refractivity contribution in [1.82, 2.24) is 39.3 Å². The first-order chi connectivity index (χ1) is 17.8. The topological polar surface area (TPSA) is 151 Å². The summed E-state index contributed by atoms with van der Waals surface area (Å²) in [5.41, 5.74) is 0.293. The van der Waals surface area contributed by atoms with Crippen molar-refractivity contribution >= 4 is 34.8 Å². The lowest BCUT2D eigenvalue weighted by atomic mass is 10.3. The number of amides is 2. The fourth-order valence-electron chi connectivity index (χ4n) is 3.62. The fourth-order valence-corrected chi connectivity index (χ4v) is 3.62. The number of alkyl halides is 1. The predicted molar refractivity (Wildman–Crippen MR) is 132 cm³/mol. The minimum absolute atomic E-state index is 0.151. The van der Waals surface area contributed by atoms with Crippen LogP contribution in [0.5, 0.6) is 0 Å². The average molecular weight is 507 g/mol. The number of hydrogen-bond donors (Lipinski definition) is 3. The maximum absolute atomic E-state index is 13.3. The summed E-state index contributed by atoms with van der Waals surface area (Å²) >= 11 is 0. The summed E-state index contributed by atoms with van der Waals surface area (Å²) in [6.45, 7) is 0. The van der Waals surface area contributed by atoms with Crippen molar-refractivity contribution in [2.45, 2.75) is 18.6 Å². The van der Waals surface area contributed by atoms with E-state index in [0.717, 1.165) is 0 Å². The van der Waals surface area contributed by atoms with Gasteiger partial charge in [0, 0.05) is 39.8 Å². The Morgan fingerprint density at radius 2 is 1.97 bits per heavy atom. The highest BCUT2D eigenvalue weighted by Crippen LogP contribution is 2.26. The number of aromatic nitrogens is 6. The van der Waals surface area contributed by atoms with Crippen molar-refractivity contribution in [1.29, 1.82) is 0 Å². The molecule has 2 amide bonds. The van der Waals surface area contributed by atoms with Crippen LogP contribution in [0, 0.1) is 0 Å². The number of pyridine rings is 1. The van der Waals surface area contributed by atoms with Gasteiger partial charge in [0.2, 0.25) is 0 Å². The minimum Gasteiger partial charge on any atom is -0.373 e. The molecule has 4 heterocycles. The Morgan fingerprint density at radius 1 is 1.19 bits per heavy atom. The van der Waals surface area contributed by atoms with Crippen LogP contribution in [0.3, 0.4) is 0 Å². The third kappa shape index (κ3) is 4.55. The number of nitrogens with one attached hydrogen (secondary N) is 3. The molecule has 1 saturated carbocycles. The van der Waals surface area contributed by atoms with Gasteiger partial charge in [-0.1, -0.05) is 0 Å². The van der Waals surface area contributed by atoms with Crippen molar-refractivity contribution < 1.29 is 14.0 Å². The molecule has 14 heteroatoms. The summed E-state index contributed by atoms with van der Waals surface area (Å²) in [6, 6.07) is 4.33. The molecule has 4 aromatic heterocycles. The van der Waals surface area contributed by atoms with Gasteiger partial charge in [-0.25, -0.2) is 19.3 Å². The Labute approximate surface area is 209 Å². The van der Waals surface area contributed by atoms with Gasteiger partial charge in [-0.15, -0.1) is 0 Å². The maximum Gasteiger partial charge on any atom is 0.280 e. The lowest BCUT2D eigenvalue weighted by Gasteiger charge is -2.12. The van der Waals surface area contributed by atoms with Gasteiger partial charge >= 0.3 is 0 Å². The number of hydrogen-bond acceptors (Lipinski definition) is 9. The maximum atomic E-state index is 13.3. The van der Waals surface area contributed by atoms with Gasteiger partial charge in [0.15, 0.2) is 11.5 Å². The molecule has 0 saturated heterocycles. The van der Waals surface area contributed by atoms with E-state index in [1.54, 1.807) is 39.3 Å². The van der Waals surface area contributed by atoms with Crippen LogP contribution in [-0.4, -0.2) is 79.2 Å².